The molecule has 3 heterocycles. The lowest BCUT2D eigenvalue weighted by molar-refractivity contribution is -0.151. The predicted molar refractivity (Wildman–Crippen MR) is 189 cm³/mol. The van der Waals surface area contributed by atoms with Gasteiger partial charge in [-0.3, -0.25) is 4.79 Å². The lowest BCUT2D eigenvalue weighted by Crippen LogP contribution is -2.45. The van der Waals surface area contributed by atoms with Gasteiger partial charge in [0.05, 0.1) is 36.4 Å². The molecule has 0 aromatic heterocycles. The summed E-state index contributed by atoms with van der Waals surface area (Å²) in [7, 11) is 0. The van der Waals surface area contributed by atoms with Crippen molar-refractivity contribution >= 4 is 12.1 Å². The van der Waals surface area contributed by atoms with Gasteiger partial charge in [0, 0.05) is 44.4 Å². The van der Waals surface area contributed by atoms with Crippen molar-refractivity contribution in [3.63, 3.8) is 0 Å². The summed E-state index contributed by atoms with van der Waals surface area (Å²) in [6.07, 6.45) is 7.42. The molecule has 3 aliphatic rings. The standard InChI is InChI=1S/C38H64N2O9/c1-25(2)24-39-18-11-19-40(21-20-39)36(44)49-32-14-13-27(5)30(47-33(42)22-29(41)15-17-38(32,8)46)12-9-10-16-37(7,45)23-31-35(48-31)28(6)34(43)26(3)4/h9-10,12-14,16,25-32,34-35,41,43,45-46H,11,15,17-24H2,1-8H3/b12-9+,14-13+,16-10+. The van der Waals surface area contributed by atoms with E-state index in [0.29, 0.717) is 25.4 Å². The molecule has 10 atom stereocenters. The molecule has 0 radical (unpaired) electrons. The second-order valence-electron chi connectivity index (χ2n) is 15.8. The Bertz CT molecular complexity index is 1150. The Kier molecular flexibility index (Phi) is 15.4. The Morgan fingerprint density at radius 3 is 2.53 bits per heavy atom. The van der Waals surface area contributed by atoms with E-state index in [1.165, 1.54) is 0 Å². The van der Waals surface area contributed by atoms with Crippen LogP contribution in [0.5, 0.6) is 0 Å². The second kappa shape index (κ2) is 18.3. The molecule has 2 saturated heterocycles. The maximum atomic E-state index is 13.4. The number of hydrogen-bond donors (Lipinski definition) is 4. The number of epoxide rings is 1. The zero-order valence-electron chi connectivity index (χ0n) is 31.0. The maximum Gasteiger partial charge on any atom is 0.410 e. The van der Waals surface area contributed by atoms with Gasteiger partial charge in [0.1, 0.15) is 11.7 Å². The van der Waals surface area contributed by atoms with E-state index in [1.54, 1.807) is 55.2 Å². The van der Waals surface area contributed by atoms with Gasteiger partial charge in [0.15, 0.2) is 6.10 Å². The molecular formula is C38H64N2O9. The molecule has 3 rings (SSSR count). The first-order chi connectivity index (χ1) is 22.9. The molecule has 10 unspecified atom stereocenters. The van der Waals surface area contributed by atoms with Crippen molar-refractivity contribution in [3.05, 3.63) is 36.5 Å². The fraction of sp³-hybridized carbons (Fsp3) is 0.789. The SMILES string of the molecule is CC(C)CN1CCCN(C(=O)OC2/C=C/C(C)C(/C=C/C=C/C(C)(O)CC3OC3C(C)C(O)C(C)C)OC(=O)CC(O)CCC2(C)O)CC1. The third-order valence-corrected chi connectivity index (χ3v) is 9.92. The van der Waals surface area contributed by atoms with Crippen molar-refractivity contribution in [1.29, 1.82) is 0 Å². The van der Waals surface area contributed by atoms with Crippen molar-refractivity contribution in [2.45, 2.75) is 135 Å². The monoisotopic (exact) mass is 692 g/mol. The van der Waals surface area contributed by atoms with Crippen LogP contribution in [0.2, 0.25) is 0 Å². The summed E-state index contributed by atoms with van der Waals surface area (Å²) in [6.45, 7) is 19.1. The van der Waals surface area contributed by atoms with Gasteiger partial charge in [-0.25, -0.2) is 4.79 Å². The van der Waals surface area contributed by atoms with Crippen molar-refractivity contribution in [3.8, 4) is 0 Å². The van der Waals surface area contributed by atoms with E-state index < -0.39 is 47.7 Å². The number of esters is 1. The second-order valence-corrected chi connectivity index (χ2v) is 15.8. The molecular weight excluding hydrogens is 628 g/mol. The number of amides is 1. The highest BCUT2D eigenvalue weighted by atomic mass is 16.6. The van der Waals surface area contributed by atoms with Gasteiger partial charge in [-0.15, -0.1) is 0 Å². The van der Waals surface area contributed by atoms with Crippen LogP contribution in [-0.4, -0.2) is 123 Å². The van der Waals surface area contributed by atoms with Gasteiger partial charge < -0.3 is 44.4 Å². The Balaban J connectivity index is 1.69. The van der Waals surface area contributed by atoms with E-state index in [1.807, 2.05) is 27.7 Å². The van der Waals surface area contributed by atoms with E-state index in [4.69, 9.17) is 14.2 Å². The number of carbonyl (C=O) groups excluding carboxylic acids is 2. The zero-order chi connectivity index (χ0) is 36.5. The van der Waals surface area contributed by atoms with Crippen LogP contribution in [-0.2, 0) is 19.0 Å². The van der Waals surface area contributed by atoms with Gasteiger partial charge in [-0.1, -0.05) is 65.8 Å². The van der Waals surface area contributed by atoms with Crippen LogP contribution in [0.25, 0.3) is 0 Å². The minimum atomic E-state index is -1.49. The van der Waals surface area contributed by atoms with Crippen LogP contribution in [0.4, 0.5) is 4.79 Å². The van der Waals surface area contributed by atoms with Gasteiger partial charge in [-0.2, -0.15) is 0 Å². The van der Waals surface area contributed by atoms with Crippen molar-refractivity contribution in [1.82, 2.24) is 9.80 Å². The van der Waals surface area contributed by atoms with Crippen LogP contribution < -0.4 is 0 Å². The van der Waals surface area contributed by atoms with Crippen LogP contribution in [0, 0.1) is 23.7 Å². The van der Waals surface area contributed by atoms with Crippen LogP contribution >= 0.6 is 0 Å². The molecule has 0 spiro atoms. The average molecular weight is 693 g/mol. The summed E-state index contributed by atoms with van der Waals surface area (Å²) in [5, 5.41) is 43.4. The fourth-order valence-electron chi connectivity index (χ4n) is 6.71. The van der Waals surface area contributed by atoms with E-state index in [0.717, 1.165) is 26.1 Å². The molecule has 0 saturated carbocycles. The lowest BCUT2D eigenvalue weighted by atomic mass is 9.88. The number of aliphatic hydroxyl groups excluding tert-OH is 2. The highest BCUT2D eigenvalue weighted by molar-refractivity contribution is 5.70. The maximum absolute atomic E-state index is 13.4. The Hall–Kier alpha value is -2.28. The topological polar surface area (TPSA) is 153 Å². The number of nitrogens with zero attached hydrogens (tertiary/aromatic N) is 2. The molecule has 0 bridgehead atoms. The molecule has 280 valence electrons. The van der Waals surface area contributed by atoms with Gasteiger partial charge >= 0.3 is 12.1 Å². The Labute approximate surface area is 294 Å². The molecule has 3 aliphatic heterocycles. The minimum absolute atomic E-state index is 0.0322. The molecule has 11 nitrogen and oxygen atoms in total. The highest BCUT2D eigenvalue weighted by Crippen LogP contribution is 2.38. The number of cyclic esters (lactones) is 1. The molecule has 0 aromatic carbocycles. The molecule has 0 aliphatic carbocycles. The Morgan fingerprint density at radius 1 is 1.14 bits per heavy atom. The minimum Gasteiger partial charge on any atom is -0.457 e. The summed E-state index contributed by atoms with van der Waals surface area (Å²) in [5.74, 6) is -0.319. The quantitative estimate of drug-likeness (QED) is 0.107. The number of rotatable bonds is 11. The number of aliphatic hydroxyl groups is 4. The number of hydrogen-bond acceptors (Lipinski definition) is 10. The van der Waals surface area contributed by atoms with E-state index >= 15 is 0 Å². The summed E-state index contributed by atoms with van der Waals surface area (Å²) < 4.78 is 17.5. The molecule has 4 N–H and O–H groups in total. The predicted octanol–water partition coefficient (Wildman–Crippen LogP) is 4.23. The molecule has 49 heavy (non-hydrogen) atoms. The Morgan fingerprint density at radius 2 is 1.86 bits per heavy atom. The van der Waals surface area contributed by atoms with Crippen LogP contribution in [0.15, 0.2) is 36.5 Å². The molecule has 11 heteroatoms. The zero-order valence-corrected chi connectivity index (χ0v) is 31.0. The summed E-state index contributed by atoms with van der Waals surface area (Å²) in [6, 6.07) is 0. The first-order valence-electron chi connectivity index (χ1n) is 18.3. The van der Waals surface area contributed by atoms with Gasteiger partial charge in [-0.05, 0) is 63.6 Å². The normalized spacial score (nSPS) is 34.2. The van der Waals surface area contributed by atoms with E-state index in [9.17, 15) is 30.0 Å². The van der Waals surface area contributed by atoms with Crippen LogP contribution in [0.1, 0.15) is 87.5 Å². The lowest BCUT2D eigenvalue weighted by Gasteiger charge is -2.34. The van der Waals surface area contributed by atoms with E-state index in [-0.39, 0.29) is 49.2 Å². The highest BCUT2D eigenvalue weighted by Gasteiger charge is 2.48. The molecule has 2 fully saturated rings. The number of allylic oxidation sites excluding steroid dienone is 2. The number of carbonyl (C=O) groups is 2. The third-order valence-electron chi connectivity index (χ3n) is 9.92. The summed E-state index contributed by atoms with van der Waals surface area (Å²) >= 11 is 0. The van der Waals surface area contributed by atoms with Crippen molar-refractivity contribution in [2.75, 3.05) is 32.7 Å². The van der Waals surface area contributed by atoms with Crippen molar-refractivity contribution in [2.24, 2.45) is 23.7 Å². The average Bonchev–Trinajstić information content (AvgIpc) is 3.80. The van der Waals surface area contributed by atoms with Gasteiger partial charge in [0.25, 0.3) is 0 Å². The summed E-state index contributed by atoms with van der Waals surface area (Å²) in [5.41, 5.74) is -2.64. The number of ether oxygens (including phenoxy) is 3. The molecule has 1 amide bonds. The van der Waals surface area contributed by atoms with Crippen molar-refractivity contribution < 1.29 is 44.2 Å². The smallest absolute Gasteiger partial charge is 0.410 e. The van der Waals surface area contributed by atoms with E-state index in [2.05, 4.69) is 18.7 Å². The van der Waals surface area contributed by atoms with Crippen LogP contribution in [0.3, 0.4) is 0 Å². The third kappa shape index (κ3) is 13.4. The molecule has 0 aromatic rings. The first kappa shape index (κ1) is 41.1. The summed E-state index contributed by atoms with van der Waals surface area (Å²) in [4.78, 5) is 30.2. The largest absolute Gasteiger partial charge is 0.457 e. The van der Waals surface area contributed by atoms with Gasteiger partial charge in [0.2, 0.25) is 0 Å². The fourth-order valence-corrected chi connectivity index (χ4v) is 6.71. The first-order valence-corrected chi connectivity index (χ1v) is 18.3.